The highest BCUT2D eigenvalue weighted by atomic mass is 15.0. The van der Waals surface area contributed by atoms with Gasteiger partial charge in [0.2, 0.25) is 0 Å². The summed E-state index contributed by atoms with van der Waals surface area (Å²) in [7, 11) is 0. The molecule has 0 aromatic carbocycles. The quantitative estimate of drug-likeness (QED) is 0.723. The Bertz CT molecular complexity index is 198. The molecule has 0 aromatic rings. The fourth-order valence-electron chi connectivity index (χ4n) is 2.86. The van der Waals surface area contributed by atoms with Crippen LogP contribution in [0.15, 0.2) is 0 Å². The van der Waals surface area contributed by atoms with E-state index in [0.29, 0.717) is 11.5 Å². The molecule has 2 rings (SSSR count). The lowest BCUT2D eigenvalue weighted by molar-refractivity contribution is 0.104. The molecule has 0 saturated heterocycles. The monoisotopic (exact) mass is 196 g/mol. The van der Waals surface area contributed by atoms with E-state index in [9.17, 15) is 0 Å². The molecule has 0 spiro atoms. The van der Waals surface area contributed by atoms with Gasteiger partial charge >= 0.3 is 0 Å². The highest BCUT2D eigenvalue weighted by molar-refractivity contribution is 4.95. The first-order valence-electron chi connectivity index (χ1n) is 6.08. The van der Waals surface area contributed by atoms with Crippen molar-refractivity contribution in [2.75, 3.05) is 6.54 Å². The van der Waals surface area contributed by atoms with Crippen molar-refractivity contribution < 1.29 is 0 Å². The van der Waals surface area contributed by atoms with Crippen LogP contribution in [0.3, 0.4) is 0 Å². The minimum absolute atomic E-state index is 0.464. The molecule has 2 saturated carbocycles. The van der Waals surface area contributed by atoms with E-state index in [1.807, 2.05) is 0 Å². The second-order valence-corrected chi connectivity index (χ2v) is 5.84. The second kappa shape index (κ2) is 3.82. The zero-order valence-corrected chi connectivity index (χ0v) is 9.55. The standard InChI is InChI=1S/C12H24N2/c1-12(2)7-6-11(12)14-8-9-4-3-5-10(9)13/h9-11,14H,3-8,13H2,1-2H3. The molecule has 3 N–H and O–H groups in total. The molecule has 2 fully saturated rings. The van der Waals surface area contributed by atoms with Crippen LogP contribution in [0.4, 0.5) is 0 Å². The van der Waals surface area contributed by atoms with Crippen LogP contribution in [0.1, 0.15) is 46.0 Å². The van der Waals surface area contributed by atoms with Crippen LogP contribution in [0.2, 0.25) is 0 Å². The Morgan fingerprint density at radius 1 is 1.29 bits per heavy atom. The molecule has 0 heterocycles. The summed E-state index contributed by atoms with van der Waals surface area (Å²) in [5, 5.41) is 3.70. The number of nitrogens with two attached hydrogens (primary N) is 1. The minimum Gasteiger partial charge on any atom is -0.327 e. The topological polar surface area (TPSA) is 38.0 Å². The molecule has 82 valence electrons. The first-order valence-corrected chi connectivity index (χ1v) is 6.08. The summed E-state index contributed by atoms with van der Waals surface area (Å²) >= 11 is 0. The van der Waals surface area contributed by atoms with Gasteiger partial charge in [0.1, 0.15) is 0 Å². The molecule has 0 amide bonds. The van der Waals surface area contributed by atoms with Crippen LogP contribution < -0.4 is 11.1 Å². The maximum absolute atomic E-state index is 6.05. The Morgan fingerprint density at radius 3 is 2.50 bits per heavy atom. The van der Waals surface area contributed by atoms with Crippen LogP contribution >= 0.6 is 0 Å². The molecule has 14 heavy (non-hydrogen) atoms. The first kappa shape index (κ1) is 10.4. The van der Waals surface area contributed by atoms with Crippen LogP contribution in [0.5, 0.6) is 0 Å². The molecule has 3 atom stereocenters. The van der Waals surface area contributed by atoms with Crippen LogP contribution in [0.25, 0.3) is 0 Å². The number of hydrogen-bond acceptors (Lipinski definition) is 2. The van der Waals surface area contributed by atoms with Gasteiger partial charge in [-0.2, -0.15) is 0 Å². The Hall–Kier alpha value is -0.0800. The van der Waals surface area contributed by atoms with E-state index in [1.54, 1.807) is 0 Å². The van der Waals surface area contributed by atoms with E-state index in [0.717, 1.165) is 18.5 Å². The average Bonchev–Trinajstić information content (AvgIpc) is 2.50. The Balaban J connectivity index is 1.72. The van der Waals surface area contributed by atoms with E-state index in [4.69, 9.17) is 5.73 Å². The molecular formula is C12H24N2. The number of nitrogens with one attached hydrogen (secondary N) is 1. The van der Waals surface area contributed by atoms with Gasteiger partial charge in [0, 0.05) is 12.1 Å². The van der Waals surface area contributed by atoms with Crippen molar-refractivity contribution >= 4 is 0 Å². The Kier molecular flexibility index (Phi) is 2.85. The highest BCUT2D eigenvalue weighted by Gasteiger charge is 2.38. The van der Waals surface area contributed by atoms with Gasteiger partial charge in [0.25, 0.3) is 0 Å². The Labute approximate surface area is 87.6 Å². The van der Waals surface area contributed by atoms with Crippen molar-refractivity contribution in [3.8, 4) is 0 Å². The summed E-state index contributed by atoms with van der Waals surface area (Å²) in [5.74, 6) is 0.742. The van der Waals surface area contributed by atoms with Crippen LogP contribution in [-0.2, 0) is 0 Å². The number of hydrogen-bond donors (Lipinski definition) is 2. The number of rotatable bonds is 3. The van der Waals surface area contributed by atoms with Crippen LogP contribution in [-0.4, -0.2) is 18.6 Å². The van der Waals surface area contributed by atoms with Crippen molar-refractivity contribution in [1.29, 1.82) is 0 Å². The third kappa shape index (κ3) is 1.96. The van der Waals surface area contributed by atoms with Crippen molar-refractivity contribution in [1.82, 2.24) is 5.32 Å². The molecule has 0 aromatic heterocycles. The fraction of sp³-hybridized carbons (Fsp3) is 1.00. The summed E-state index contributed by atoms with van der Waals surface area (Å²) in [6.45, 7) is 5.88. The molecule has 0 bridgehead atoms. The van der Waals surface area contributed by atoms with Crippen LogP contribution in [0, 0.1) is 11.3 Å². The fourth-order valence-corrected chi connectivity index (χ4v) is 2.86. The largest absolute Gasteiger partial charge is 0.327 e. The maximum Gasteiger partial charge on any atom is 0.0119 e. The smallest absolute Gasteiger partial charge is 0.0119 e. The van der Waals surface area contributed by atoms with Crippen molar-refractivity contribution in [3.05, 3.63) is 0 Å². The summed E-state index contributed by atoms with van der Waals surface area (Å²) in [6.07, 6.45) is 6.64. The third-order valence-electron chi connectivity index (χ3n) is 4.36. The van der Waals surface area contributed by atoms with Gasteiger partial charge in [0.05, 0.1) is 0 Å². The van der Waals surface area contributed by atoms with Gasteiger partial charge in [0.15, 0.2) is 0 Å². The lowest BCUT2D eigenvalue weighted by Crippen LogP contribution is -2.52. The van der Waals surface area contributed by atoms with Gasteiger partial charge in [-0.15, -0.1) is 0 Å². The first-order chi connectivity index (χ1) is 6.59. The summed E-state index contributed by atoms with van der Waals surface area (Å²) < 4.78 is 0. The molecule has 2 heteroatoms. The van der Waals surface area contributed by atoms with Gasteiger partial charge in [-0.3, -0.25) is 0 Å². The third-order valence-corrected chi connectivity index (χ3v) is 4.36. The van der Waals surface area contributed by atoms with Crippen molar-refractivity contribution in [3.63, 3.8) is 0 Å². The summed E-state index contributed by atoms with van der Waals surface area (Å²) in [5.41, 5.74) is 6.58. The maximum atomic E-state index is 6.05. The minimum atomic E-state index is 0.464. The van der Waals surface area contributed by atoms with Crippen molar-refractivity contribution in [2.24, 2.45) is 17.1 Å². The normalized spacial score (nSPS) is 40.9. The van der Waals surface area contributed by atoms with Gasteiger partial charge < -0.3 is 11.1 Å². The SMILES string of the molecule is CC1(C)CCC1NCC1CCCC1N. The lowest BCUT2D eigenvalue weighted by Gasteiger charge is -2.45. The molecule has 0 radical (unpaired) electrons. The van der Waals surface area contributed by atoms with E-state index in [2.05, 4.69) is 19.2 Å². The van der Waals surface area contributed by atoms with Gasteiger partial charge in [-0.1, -0.05) is 20.3 Å². The predicted molar refractivity (Wildman–Crippen MR) is 60.1 cm³/mol. The molecule has 2 aliphatic rings. The van der Waals surface area contributed by atoms with Gasteiger partial charge in [-0.25, -0.2) is 0 Å². The molecular weight excluding hydrogens is 172 g/mol. The zero-order valence-electron chi connectivity index (χ0n) is 9.55. The van der Waals surface area contributed by atoms with E-state index >= 15 is 0 Å². The predicted octanol–water partition coefficient (Wildman–Crippen LogP) is 1.89. The van der Waals surface area contributed by atoms with E-state index in [-0.39, 0.29) is 0 Å². The average molecular weight is 196 g/mol. The van der Waals surface area contributed by atoms with Crippen molar-refractivity contribution in [2.45, 2.75) is 58.0 Å². The zero-order chi connectivity index (χ0) is 10.2. The Morgan fingerprint density at radius 2 is 2.07 bits per heavy atom. The van der Waals surface area contributed by atoms with Gasteiger partial charge in [-0.05, 0) is 43.6 Å². The molecule has 3 unspecified atom stereocenters. The lowest BCUT2D eigenvalue weighted by atomic mass is 9.67. The molecule has 2 aliphatic carbocycles. The summed E-state index contributed by atoms with van der Waals surface area (Å²) in [6, 6.07) is 1.21. The molecule has 0 aliphatic heterocycles. The second-order valence-electron chi connectivity index (χ2n) is 5.84. The van der Waals surface area contributed by atoms with E-state index in [1.165, 1.54) is 32.1 Å². The summed E-state index contributed by atoms with van der Waals surface area (Å²) in [4.78, 5) is 0. The molecule has 2 nitrogen and oxygen atoms in total. The highest BCUT2D eigenvalue weighted by Crippen LogP contribution is 2.40. The van der Waals surface area contributed by atoms with E-state index < -0.39 is 0 Å².